The van der Waals surface area contributed by atoms with Crippen molar-refractivity contribution in [1.82, 2.24) is 9.78 Å². The topological polar surface area (TPSA) is 41.6 Å². The number of thioether (sulfide) groups is 1. The van der Waals surface area contributed by atoms with E-state index in [4.69, 9.17) is 5.26 Å². The SMILES string of the molecule is CCC(C#N)Sc1cc(C)nn1C. The van der Waals surface area contributed by atoms with E-state index in [1.54, 1.807) is 11.8 Å². The fourth-order valence-corrected chi connectivity index (χ4v) is 1.99. The Labute approximate surface area is 82.7 Å². The van der Waals surface area contributed by atoms with Gasteiger partial charge in [-0.25, -0.2) is 0 Å². The van der Waals surface area contributed by atoms with E-state index in [0.717, 1.165) is 17.1 Å². The number of aromatic nitrogens is 2. The average Bonchev–Trinajstić information content (AvgIpc) is 2.41. The Bertz CT molecular complexity index is 324. The minimum atomic E-state index is 0.0369. The number of aryl methyl sites for hydroxylation is 2. The highest BCUT2D eigenvalue weighted by molar-refractivity contribution is 8.00. The van der Waals surface area contributed by atoms with Gasteiger partial charge in [0.15, 0.2) is 0 Å². The molecule has 1 aromatic rings. The van der Waals surface area contributed by atoms with Crippen LogP contribution in [-0.2, 0) is 7.05 Å². The predicted molar refractivity (Wildman–Crippen MR) is 53.5 cm³/mol. The van der Waals surface area contributed by atoms with Crippen molar-refractivity contribution in [2.24, 2.45) is 7.05 Å². The molecular weight excluding hydrogens is 182 g/mol. The maximum absolute atomic E-state index is 8.78. The van der Waals surface area contributed by atoms with Gasteiger partial charge in [0.2, 0.25) is 0 Å². The molecule has 0 radical (unpaired) electrons. The van der Waals surface area contributed by atoms with Gasteiger partial charge in [-0.1, -0.05) is 18.7 Å². The molecule has 0 fully saturated rings. The van der Waals surface area contributed by atoms with Gasteiger partial charge >= 0.3 is 0 Å². The third-order valence-electron chi connectivity index (χ3n) is 1.74. The molecule has 0 saturated carbocycles. The van der Waals surface area contributed by atoms with E-state index < -0.39 is 0 Å². The van der Waals surface area contributed by atoms with Crippen molar-refractivity contribution in [3.63, 3.8) is 0 Å². The molecule has 4 heteroatoms. The second kappa shape index (κ2) is 4.33. The fourth-order valence-electron chi connectivity index (χ4n) is 1.04. The van der Waals surface area contributed by atoms with Crippen molar-refractivity contribution < 1.29 is 0 Å². The molecule has 0 aromatic carbocycles. The smallest absolute Gasteiger partial charge is 0.0975 e. The monoisotopic (exact) mass is 195 g/mol. The van der Waals surface area contributed by atoms with Gasteiger partial charge in [-0.3, -0.25) is 4.68 Å². The summed E-state index contributed by atoms with van der Waals surface area (Å²) in [6.07, 6.45) is 0.866. The van der Waals surface area contributed by atoms with Gasteiger partial charge in [-0.2, -0.15) is 10.4 Å². The Kier molecular flexibility index (Phi) is 3.38. The van der Waals surface area contributed by atoms with Gasteiger partial charge in [-0.15, -0.1) is 0 Å². The average molecular weight is 195 g/mol. The van der Waals surface area contributed by atoms with Crippen LogP contribution in [0.25, 0.3) is 0 Å². The Morgan fingerprint density at radius 2 is 2.46 bits per heavy atom. The van der Waals surface area contributed by atoms with Crippen LogP contribution in [0.1, 0.15) is 19.0 Å². The van der Waals surface area contributed by atoms with Crippen molar-refractivity contribution in [2.75, 3.05) is 0 Å². The highest BCUT2D eigenvalue weighted by atomic mass is 32.2. The number of nitriles is 1. The van der Waals surface area contributed by atoms with Crippen LogP contribution >= 0.6 is 11.8 Å². The molecule has 1 aromatic heterocycles. The van der Waals surface area contributed by atoms with Crippen LogP contribution in [0.15, 0.2) is 11.1 Å². The summed E-state index contributed by atoms with van der Waals surface area (Å²) in [5.74, 6) is 0. The molecule has 0 spiro atoms. The molecule has 1 rings (SSSR count). The lowest BCUT2D eigenvalue weighted by Gasteiger charge is -2.04. The third-order valence-corrected chi connectivity index (χ3v) is 3.08. The molecule has 0 aliphatic carbocycles. The Hall–Kier alpha value is -0.950. The van der Waals surface area contributed by atoms with Crippen LogP contribution in [0.2, 0.25) is 0 Å². The molecule has 0 saturated heterocycles. The van der Waals surface area contributed by atoms with Crippen molar-refractivity contribution in [2.45, 2.75) is 30.5 Å². The predicted octanol–water partition coefficient (Wildman–Crippen LogP) is 2.12. The van der Waals surface area contributed by atoms with E-state index in [9.17, 15) is 0 Å². The van der Waals surface area contributed by atoms with E-state index in [1.165, 1.54) is 0 Å². The van der Waals surface area contributed by atoms with E-state index in [-0.39, 0.29) is 5.25 Å². The quantitative estimate of drug-likeness (QED) is 0.694. The van der Waals surface area contributed by atoms with Gasteiger partial charge in [0, 0.05) is 7.05 Å². The molecule has 0 aliphatic heterocycles. The summed E-state index contributed by atoms with van der Waals surface area (Å²) in [5, 5.41) is 14.1. The zero-order valence-corrected chi connectivity index (χ0v) is 8.93. The molecule has 1 heterocycles. The Balaban J connectivity index is 2.74. The van der Waals surface area contributed by atoms with Crippen LogP contribution in [0.5, 0.6) is 0 Å². The third kappa shape index (κ3) is 2.49. The largest absolute Gasteiger partial charge is 0.262 e. The highest BCUT2D eigenvalue weighted by Gasteiger charge is 2.10. The van der Waals surface area contributed by atoms with Crippen LogP contribution in [-0.4, -0.2) is 15.0 Å². The maximum atomic E-state index is 8.78. The maximum Gasteiger partial charge on any atom is 0.0975 e. The van der Waals surface area contributed by atoms with E-state index in [2.05, 4.69) is 11.2 Å². The van der Waals surface area contributed by atoms with Crippen LogP contribution < -0.4 is 0 Å². The zero-order valence-electron chi connectivity index (χ0n) is 8.11. The van der Waals surface area contributed by atoms with Gasteiger partial charge in [0.1, 0.15) is 0 Å². The molecule has 0 aliphatic rings. The normalized spacial score (nSPS) is 12.5. The van der Waals surface area contributed by atoms with E-state index in [0.29, 0.717) is 0 Å². The van der Waals surface area contributed by atoms with Crippen LogP contribution in [0.4, 0.5) is 0 Å². The van der Waals surface area contributed by atoms with Crippen LogP contribution in [0, 0.1) is 18.3 Å². The summed E-state index contributed by atoms with van der Waals surface area (Å²) in [6, 6.07) is 4.26. The van der Waals surface area contributed by atoms with E-state index in [1.807, 2.05) is 31.6 Å². The number of rotatable bonds is 3. The second-order valence-corrected chi connectivity index (χ2v) is 4.11. The minimum absolute atomic E-state index is 0.0369. The highest BCUT2D eigenvalue weighted by Crippen LogP contribution is 2.24. The van der Waals surface area contributed by atoms with Crippen molar-refractivity contribution in [3.05, 3.63) is 11.8 Å². The van der Waals surface area contributed by atoms with Crippen molar-refractivity contribution in [3.8, 4) is 6.07 Å². The second-order valence-electron chi connectivity index (χ2n) is 2.89. The summed E-state index contributed by atoms with van der Waals surface area (Å²) in [6.45, 7) is 3.97. The molecule has 3 nitrogen and oxygen atoms in total. The zero-order chi connectivity index (χ0) is 9.84. The Morgan fingerprint density at radius 3 is 2.85 bits per heavy atom. The molecule has 0 bridgehead atoms. The van der Waals surface area contributed by atoms with E-state index >= 15 is 0 Å². The summed E-state index contributed by atoms with van der Waals surface area (Å²) in [7, 11) is 1.90. The summed E-state index contributed by atoms with van der Waals surface area (Å²) in [4.78, 5) is 0. The number of hydrogen-bond acceptors (Lipinski definition) is 3. The standard InChI is InChI=1S/C9H13N3S/c1-4-8(6-10)13-9-5-7(2)11-12(9)3/h5,8H,4H2,1-3H3. The van der Waals surface area contributed by atoms with Crippen molar-refractivity contribution >= 4 is 11.8 Å². The van der Waals surface area contributed by atoms with Crippen molar-refractivity contribution in [1.29, 1.82) is 5.26 Å². The van der Waals surface area contributed by atoms with Gasteiger partial charge in [-0.05, 0) is 19.4 Å². The van der Waals surface area contributed by atoms with Crippen LogP contribution in [0.3, 0.4) is 0 Å². The minimum Gasteiger partial charge on any atom is -0.262 e. The molecule has 0 amide bonds. The number of nitrogens with zero attached hydrogens (tertiary/aromatic N) is 3. The lowest BCUT2D eigenvalue weighted by Crippen LogP contribution is -1.99. The first-order chi connectivity index (χ1) is 6.17. The fraction of sp³-hybridized carbons (Fsp3) is 0.556. The lowest BCUT2D eigenvalue weighted by atomic mass is 10.4. The summed E-state index contributed by atoms with van der Waals surface area (Å²) < 4.78 is 1.82. The molecule has 13 heavy (non-hydrogen) atoms. The molecule has 70 valence electrons. The van der Waals surface area contributed by atoms with Gasteiger partial charge < -0.3 is 0 Å². The first kappa shape index (κ1) is 10.1. The molecular formula is C9H13N3S. The molecule has 0 N–H and O–H groups in total. The summed E-state index contributed by atoms with van der Waals surface area (Å²) >= 11 is 1.58. The van der Waals surface area contributed by atoms with Gasteiger partial charge in [0.05, 0.1) is 22.0 Å². The summed E-state index contributed by atoms with van der Waals surface area (Å²) in [5.41, 5.74) is 0.998. The van der Waals surface area contributed by atoms with Gasteiger partial charge in [0.25, 0.3) is 0 Å². The molecule has 1 atom stereocenters. The molecule has 1 unspecified atom stereocenters. The Morgan fingerprint density at radius 1 is 1.77 bits per heavy atom. The first-order valence-corrected chi connectivity index (χ1v) is 5.12. The number of hydrogen-bond donors (Lipinski definition) is 0. The lowest BCUT2D eigenvalue weighted by molar-refractivity contribution is 0.691. The first-order valence-electron chi connectivity index (χ1n) is 4.24.